The zero-order valence-electron chi connectivity index (χ0n) is 41.0. The molecule has 11 nitrogen and oxygen atoms in total. The van der Waals surface area contributed by atoms with Crippen molar-refractivity contribution in [3.8, 4) is 0 Å². The summed E-state index contributed by atoms with van der Waals surface area (Å²) in [5.74, 6) is -0.721. The molecule has 1 aliphatic rings. The van der Waals surface area contributed by atoms with Crippen LogP contribution in [-0.2, 0) is 14.3 Å². The zero-order valence-corrected chi connectivity index (χ0v) is 41.0. The Morgan fingerprint density at radius 2 is 0.938 bits per heavy atom. The summed E-state index contributed by atoms with van der Waals surface area (Å²) in [6, 6.07) is -1.19. The van der Waals surface area contributed by atoms with Crippen LogP contribution in [0.3, 0.4) is 0 Å². The second-order valence-electron chi connectivity index (χ2n) is 18.9. The van der Waals surface area contributed by atoms with Crippen molar-refractivity contribution >= 4 is 5.91 Å². The molecule has 0 radical (unpaired) electrons. The van der Waals surface area contributed by atoms with E-state index in [-0.39, 0.29) is 12.8 Å². The molecule has 0 spiro atoms. The van der Waals surface area contributed by atoms with Gasteiger partial charge in [0.1, 0.15) is 36.6 Å². The maximum absolute atomic E-state index is 13.0. The van der Waals surface area contributed by atoms with E-state index >= 15 is 0 Å². The first-order valence-electron chi connectivity index (χ1n) is 26.7. The van der Waals surface area contributed by atoms with E-state index in [0.29, 0.717) is 12.8 Å². The van der Waals surface area contributed by atoms with Gasteiger partial charge >= 0.3 is 0 Å². The molecule has 9 atom stereocenters. The molecule has 1 aliphatic heterocycles. The van der Waals surface area contributed by atoms with E-state index in [9.17, 15) is 40.5 Å². The van der Waals surface area contributed by atoms with Crippen LogP contribution in [-0.4, -0.2) is 110 Å². The van der Waals surface area contributed by atoms with Gasteiger partial charge in [-0.2, -0.15) is 0 Å². The summed E-state index contributed by atoms with van der Waals surface area (Å²) in [5.41, 5.74) is 0. The fraction of sp³-hybridized carbons (Fsp3) is 0.906. The maximum Gasteiger partial charge on any atom is 0.249 e. The molecule has 1 rings (SSSR count). The quantitative estimate of drug-likeness (QED) is 0.0216. The molecule has 9 unspecified atom stereocenters. The highest BCUT2D eigenvalue weighted by Crippen LogP contribution is 2.23. The van der Waals surface area contributed by atoms with Crippen LogP contribution in [0, 0.1) is 0 Å². The lowest BCUT2D eigenvalue weighted by atomic mass is 9.98. The van der Waals surface area contributed by atoms with Gasteiger partial charge in [0, 0.05) is 0 Å². The molecular weight excluding hydrogens is 811 g/mol. The number of aliphatic hydroxyl groups is 7. The fourth-order valence-electron chi connectivity index (χ4n) is 8.54. The molecule has 1 heterocycles. The molecule has 1 amide bonds. The lowest BCUT2D eigenvalue weighted by Crippen LogP contribution is -2.60. The van der Waals surface area contributed by atoms with E-state index in [1.807, 2.05) is 0 Å². The third kappa shape index (κ3) is 31.5. The summed E-state index contributed by atoms with van der Waals surface area (Å²) in [7, 11) is 0. The zero-order chi connectivity index (χ0) is 46.9. The lowest BCUT2D eigenvalue weighted by Gasteiger charge is -2.40. The molecule has 0 aliphatic carbocycles. The van der Waals surface area contributed by atoms with E-state index < -0.39 is 74.2 Å². The molecule has 0 aromatic carbocycles. The topological polar surface area (TPSA) is 189 Å². The van der Waals surface area contributed by atoms with Crippen LogP contribution < -0.4 is 5.32 Å². The van der Waals surface area contributed by atoms with Gasteiger partial charge in [-0.3, -0.25) is 4.79 Å². The maximum atomic E-state index is 13.0. The number of carbonyl (C=O) groups is 1. The monoisotopic (exact) mass is 912 g/mol. The molecule has 8 N–H and O–H groups in total. The minimum absolute atomic E-state index is 0.232. The highest BCUT2D eigenvalue weighted by atomic mass is 16.7. The number of hydrogen-bond donors (Lipinski definition) is 8. The Kier molecular flexibility index (Phi) is 40.6. The molecule has 378 valence electrons. The largest absolute Gasteiger partial charge is 0.394 e. The van der Waals surface area contributed by atoms with Crippen molar-refractivity contribution in [2.45, 2.75) is 294 Å². The number of hydrogen-bond acceptors (Lipinski definition) is 10. The predicted molar refractivity (Wildman–Crippen MR) is 261 cm³/mol. The van der Waals surface area contributed by atoms with Crippen LogP contribution in [0.4, 0.5) is 0 Å². The molecule has 0 saturated carbocycles. The van der Waals surface area contributed by atoms with Crippen molar-refractivity contribution in [3.05, 3.63) is 24.3 Å². The van der Waals surface area contributed by atoms with Crippen molar-refractivity contribution in [2.24, 2.45) is 0 Å². The van der Waals surface area contributed by atoms with Gasteiger partial charge < -0.3 is 50.5 Å². The SMILES string of the molecule is CCCC/C=C\CCCCCC(O)C(=O)NC(COC1OC(CO)C(O)C(O)C1O)C(O)C(O)CCC/C=C/CCCCCCCCCCCCCCCCCCCCCCCCC. The highest BCUT2D eigenvalue weighted by molar-refractivity contribution is 5.80. The van der Waals surface area contributed by atoms with Gasteiger partial charge in [0.05, 0.1) is 25.4 Å². The summed E-state index contributed by atoms with van der Waals surface area (Å²) in [5, 5.41) is 75.6. The van der Waals surface area contributed by atoms with Gasteiger partial charge in [0.25, 0.3) is 0 Å². The molecular formula is C53H101NO10. The van der Waals surface area contributed by atoms with Gasteiger partial charge in [0.2, 0.25) is 5.91 Å². The Hall–Kier alpha value is -1.41. The van der Waals surface area contributed by atoms with Gasteiger partial charge in [-0.15, -0.1) is 0 Å². The third-order valence-electron chi connectivity index (χ3n) is 13.0. The Morgan fingerprint density at radius 3 is 1.39 bits per heavy atom. The minimum atomic E-state index is -1.67. The second kappa shape index (κ2) is 42.9. The lowest BCUT2D eigenvalue weighted by molar-refractivity contribution is -0.303. The highest BCUT2D eigenvalue weighted by Gasteiger charge is 2.44. The smallest absolute Gasteiger partial charge is 0.249 e. The summed E-state index contributed by atoms with van der Waals surface area (Å²) in [6.07, 6.45) is 38.5. The van der Waals surface area contributed by atoms with Gasteiger partial charge in [0.15, 0.2) is 6.29 Å². The molecule has 0 bridgehead atoms. The Balaban J connectivity index is 2.26. The van der Waals surface area contributed by atoms with E-state index in [0.717, 1.165) is 44.9 Å². The third-order valence-corrected chi connectivity index (χ3v) is 13.0. The number of amides is 1. The van der Waals surface area contributed by atoms with Crippen molar-refractivity contribution in [1.82, 2.24) is 5.32 Å². The summed E-state index contributed by atoms with van der Waals surface area (Å²) in [6.45, 7) is 3.37. The number of unbranched alkanes of at least 4 members (excludes halogenated alkanes) is 29. The molecule has 1 saturated heterocycles. The van der Waals surface area contributed by atoms with Gasteiger partial charge in [-0.25, -0.2) is 0 Å². The number of carbonyl (C=O) groups excluding carboxylic acids is 1. The normalized spacial score (nSPS) is 21.2. The molecule has 0 aromatic heterocycles. The van der Waals surface area contributed by atoms with Crippen LogP contribution in [0.1, 0.15) is 239 Å². The first kappa shape index (κ1) is 60.6. The minimum Gasteiger partial charge on any atom is -0.394 e. The molecule has 64 heavy (non-hydrogen) atoms. The number of ether oxygens (including phenoxy) is 2. The van der Waals surface area contributed by atoms with Crippen LogP contribution in [0.5, 0.6) is 0 Å². The molecule has 1 fully saturated rings. The van der Waals surface area contributed by atoms with Gasteiger partial charge in [-0.05, 0) is 57.8 Å². The van der Waals surface area contributed by atoms with E-state index in [1.54, 1.807) is 0 Å². The summed E-state index contributed by atoms with van der Waals surface area (Å²) in [4.78, 5) is 13.0. The van der Waals surface area contributed by atoms with Crippen LogP contribution in [0.25, 0.3) is 0 Å². The Morgan fingerprint density at radius 1 is 0.531 bits per heavy atom. The van der Waals surface area contributed by atoms with Crippen LogP contribution in [0.2, 0.25) is 0 Å². The molecule has 0 aromatic rings. The van der Waals surface area contributed by atoms with Crippen molar-refractivity contribution in [1.29, 1.82) is 0 Å². The fourth-order valence-corrected chi connectivity index (χ4v) is 8.54. The van der Waals surface area contributed by atoms with Crippen molar-refractivity contribution < 1.29 is 50.0 Å². The Bertz CT molecular complexity index is 1090. The molecule has 11 heteroatoms. The van der Waals surface area contributed by atoms with E-state index in [2.05, 4.69) is 43.5 Å². The number of rotatable bonds is 45. The number of allylic oxidation sites excluding steroid dienone is 4. The van der Waals surface area contributed by atoms with Crippen molar-refractivity contribution in [2.75, 3.05) is 13.2 Å². The Labute approximate surface area is 391 Å². The van der Waals surface area contributed by atoms with Crippen LogP contribution in [0.15, 0.2) is 24.3 Å². The average Bonchev–Trinajstić information content (AvgIpc) is 3.29. The number of nitrogens with one attached hydrogen (secondary N) is 1. The summed E-state index contributed by atoms with van der Waals surface area (Å²) >= 11 is 0. The first-order chi connectivity index (χ1) is 31.2. The van der Waals surface area contributed by atoms with Gasteiger partial charge in [-0.1, -0.05) is 205 Å². The standard InChI is InChI=1S/C53H101NO10/c1-3-5-7-9-11-13-14-15-16-17-18-19-20-21-22-23-24-25-26-27-28-29-30-31-33-34-36-38-40-45(56)48(58)44(43-63-53-51(61)50(60)49(59)47(42-55)64-53)54-52(62)46(57)41-39-37-35-32-12-10-8-6-4-2/h10,12,33-34,44-51,53,55-61H,3-9,11,13-32,35-43H2,1-2H3,(H,54,62)/b12-10-,34-33+. The summed E-state index contributed by atoms with van der Waals surface area (Å²) < 4.78 is 11.1. The van der Waals surface area contributed by atoms with E-state index in [1.165, 1.54) is 154 Å². The predicted octanol–water partition coefficient (Wildman–Crippen LogP) is 10.2. The first-order valence-corrected chi connectivity index (χ1v) is 26.7. The number of aliphatic hydroxyl groups excluding tert-OH is 7. The van der Waals surface area contributed by atoms with Crippen molar-refractivity contribution in [3.63, 3.8) is 0 Å². The van der Waals surface area contributed by atoms with Crippen LogP contribution >= 0.6 is 0 Å². The van der Waals surface area contributed by atoms with E-state index in [4.69, 9.17) is 9.47 Å². The average molecular weight is 912 g/mol. The second-order valence-corrected chi connectivity index (χ2v) is 18.9.